The van der Waals surface area contributed by atoms with E-state index < -0.39 is 0 Å². The van der Waals surface area contributed by atoms with Crippen LogP contribution in [-0.2, 0) is 4.74 Å². The van der Waals surface area contributed by atoms with Crippen LogP contribution in [0.25, 0.3) is 0 Å². The Morgan fingerprint density at radius 3 is 2.91 bits per heavy atom. The van der Waals surface area contributed by atoms with E-state index >= 15 is 0 Å². The number of aromatic nitrogens is 1. The molecule has 2 N–H and O–H groups in total. The SMILES string of the molecule is Cc1ccccc1C(=O)c1c[nH]c(C(=O)NC[C@@H]2CCCO2)c1. The molecule has 1 aliphatic rings. The number of ketones is 1. The number of amides is 1. The van der Waals surface area contributed by atoms with Crippen molar-refractivity contribution in [3.05, 3.63) is 58.9 Å². The third-order valence-electron chi connectivity index (χ3n) is 4.09. The van der Waals surface area contributed by atoms with Gasteiger partial charge >= 0.3 is 0 Å². The first kappa shape index (κ1) is 15.5. The van der Waals surface area contributed by atoms with Crippen molar-refractivity contribution in [3.63, 3.8) is 0 Å². The molecule has 5 nitrogen and oxygen atoms in total. The van der Waals surface area contributed by atoms with Crippen LogP contribution in [0.5, 0.6) is 0 Å². The molecule has 0 bridgehead atoms. The van der Waals surface area contributed by atoms with Crippen LogP contribution >= 0.6 is 0 Å². The van der Waals surface area contributed by atoms with Crippen molar-refractivity contribution in [1.29, 1.82) is 0 Å². The second-order valence-electron chi connectivity index (χ2n) is 5.79. The zero-order valence-corrected chi connectivity index (χ0v) is 13.1. The average Bonchev–Trinajstić information content (AvgIpc) is 3.24. The number of ether oxygens (including phenoxy) is 1. The lowest BCUT2D eigenvalue weighted by atomic mass is 10.0. The van der Waals surface area contributed by atoms with Gasteiger partial charge in [-0.05, 0) is 31.4 Å². The summed E-state index contributed by atoms with van der Waals surface area (Å²) in [6, 6.07) is 9.02. The van der Waals surface area contributed by atoms with E-state index in [1.165, 1.54) is 0 Å². The summed E-state index contributed by atoms with van der Waals surface area (Å²) < 4.78 is 5.47. The molecule has 1 saturated heterocycles. The van der Waals surface area contributed by atoms with Gasteiger partial charge in [0.15, 0.2) is 5.78 Å². The quantitative estimate of drug-likeness (QED) is 0.833. The van der Waals surface area contributed by atoms with Gasteiger partial charge in [-0.25, -0.2) is 0 Å². The molecule has 1 amide bonds. The second-order valence-corrected chi connectivity index (χ2v) is 5.79. The molecule has 0 saturated carbocycles. The normalized spacial score (nSPS) is 17.2. The highest BCUT2D eigenvalue weighted by Crippen LogP contribution is 2.15. The summed E-state index contributed by atoms with van der Waals surface area (Å²) in [6.45, 7) is 3.16. The molecule has 0 radical (unpaired) electrons. The molecule has 1 aliphatic heterocycles. The highest BCUT2D eigenvalue weighted by atomic mass is 16.5. The smallest absolute Gasteiger partial charge is 0.267 e. The van der Waals surface area contributed by atoms with Crippen LogP contribution in [-0.4, -0.2) is 35.9 Å². The van der Waals surface area contributed by atoms with Crippen LogP contribution in [0, 0.1) is 6.92 Å². The Hall–Kier alpha value is -2.40. The van der Waals surface area contributed by atoms with Gasteiger partial charge in [-0.2, -0.15) is 0 Å². The number of aromatic amines is 1. The summed E-state index contributed by atoms with van der Waals surface area (Å²) in [6.07, 6.45) is 3.69. The number of hydrogen-bond acceptors (Lipinski definition) is 3. The molecule has 3 rings (SSSR count). The Labute approximate surface area is 135 Å². The zero-order valence-electron chi connectivity index (χ0n) is 13.1. The first-order valence-electron chi connectivity index (χ1n) is 7.83. The van der Waals surface area contributed by atoms with Crippen molar-refractivity contribution in [3.8, 4) is 0 Å². The molecule has 120 valence electrons. The van der Waals surface area contributed by atoms with Gasteiger partial charge in [-0.15, -0.1) is 0 Å². The Bertz CT molecular complexity index is 715. The van der Waals surface area contributed by atoms with E-state index in [0.717, 1.165) is 25.0 Å². The molecule has 5 heteroatoms. The number of hydrogen-bond donors (Lipinski definition) is 2. The standard InChI is InChI=1S/C18H20N2O3/c1-12-5-2-3-7-15(12)17(21)13-9-16(19-10-13)18(22)20-11-14-6-4-8-23-14/h2-3,5,7,9-10,14,19H,4,6,8,11H2,1H3,(H,20,22)/t14-/m0/s1. The molecule has 0 spiro atoms. The maximum Gasteiger partial charge on any atom is 0.267 e. The largest absolute Gasteiger partial charge is 0.376 e. The van der Waals surface area contributed by atoms with Crippen molar-refractivity contribution >= 4 is 11.7 Å². The molecular formula is C18H20N2O3. The minimum atomic E-state index is -0.218. The predicted molar refractivity (Wildman–Crippen MR) is 86.7 cm³/mol. The van der Waals surface area contributed by atoms with Crippen LogP contribution in [0.3, 0.4) is 0 Å². The molecule has 0 aliphatic carbocycles. The summed E-state index contributed by atoms with van der Waals surface area (Å²) in [5, 5.41) is 2.84. The maximum absolute atomic E-state index is 12.5. The van der Waals surface area contributed by atoms with E-state index in [1.54, 1.807) is 18.3 Å². The van der Waals surface area contributed by atoms with Gasteiger partial charge < -0.3 is 15.0 Å². The van der Waals surface area contributed by atoms with E-state index in [4.69, 9.17) is 4.74 Å². The zero-order chi connectivity index (χ0) is 16.2. The van der Waals surface area contributed by atoms with Crippen molar-refractivity contribution in [2.24, 2.45) is 0 Å². The number of benzene rings is 1. The first-order chi connectivity index (χ1) is 11.1. The number of carbonyl (C=O) groups is 2. The fourth-order valence-electron chi connectivity index (χ4n) is 2.75. The molecule has 2 heterocycles. The summed E-state index contributed by atoms with van der Waals surface area (Å²) in [7, 11) is 0. The highest BCUT2D eigenvalue weighted by Gasteiger charge is 2.19. The summed E-state index contributed by atoms with van der Waals surface area (Å²) in [5.41, 5.74) is 2.45. The minimum Gasteiger partial charge on any atom is -0.376 e. The molecule has 2 aromatic rings. The lowest BCUT2D eigenvalue weighted by molar-refractivity contribution is 0.0854. The highest BCUT2D eigenvalue weighted by molar-refractivity contribution is 6.11. The van der Waals surface area contributed by atoms with Crippen molar-refractivity contribution in [2.75, 3.05) is 13.2 Å². The molecule has 1 fully saturated rings. The van der Waals surface area contributed by atoms with Crippen LogP contribution in [0.15, 0.2) is 36.5 Å². The number of rotatable bonds is 5. The third-order valence-corrected chi connectivity index (χ3v) is 4.09. The van der Waals surface area contributed by atoms with Gasteiger partial charge in [0.1, 0.15) is 5.69 Å². The van der Waals surface area contributed by atoms with Gasteiger partial charge in [-0.1, -0.05) is 24.3 Å². The minimum absolute atomic E-state index is 0.0856. The lowest BCUT2D eigenvalue weighted by Crippen LogP contribution is -2.31. The van der Waals surface area contributed by atoms with Gasteiger partial charge in [0.2, 0.25) is 0 Å². The summed E-state index contributed by atoms with van der Waals surface area (Å²) in [5.74, 6) is -0.304. The Morgan fingerprint density at radius 2 is 2.17 bits per heavy atom. The Morgan fingerprint density at radius 1 is 1.35 bits per heavy atom. The van der Waals surface area contributed by atoms with Crippen molar-refractivity contribution in [2.45, 2.75) is 25.9 Å². The average molecular weight is 312 g/mol. The van der Waals surface area contributed by atoms with E-state index in [-0.39, 0.29) is 17.8 Å². The fraction of sp³-hybridized carbons (Fsp3) is 0.333. The topological polar surface area (TPSA) is 71.2 Å². The van der Waals surface area contributed by atoms with Crippen molar-refractivity contribution in [1.82, 2.24) is 10.3 Å². The molecule has 1 atom stereocenters. The number of nitrogens with one attached hydrogen (secondary N) is 2. The Balaban J connectivity index is 1.66. The summed E-state index contributed by atoms with van der Waals surface area (Å²) >= 11 is 0. The molecule has 1 aromatic carbocycles. The number of H-pyrrole nitrogens is 1. The van der Waals surface area contributed by atoms with E-state index in [2.05, 4.69) is 10.3 Å². The number of aryl methyl sites for hydroxylation is 1. The predicted octanol–water partition coefficient (Wildman–Crippen LogP) is 2.46. The molecule has 0 unspecified atom stereocenters. The second kappa shape index (κ2) is 6.79. The first-order valence-corrected chi connectivity index (χ1v) is 7.83. The lowest BCUT2D eigenvalue weighted by Gasteiger charge is -2.09. The van der Waals surface area contributed by atoms with Gasteiger partial charge in [-0.3, -0.25) is 9.59 Å². The maximum atomic E-state index is 12.5. The number of carbonyl (C=O) groups excluding carboxylic acids is 2. The van der Waals surface area contributed by atoms with Crippen LogP contribution in [0.2, 0.25) is 0 Å². The van der Waals surface area contributed by atoms with E-state index in [0.29, 0.717) is 23.4 Å². The van der Waals surface area contributed by atoms with Gasteiger partial charge in [0.05, 0.1) is 6.10 Å². The monoisotopic (exact) mass is 312 g/mol. The molecule has 23 heavy (non-hydrogen) atoms. The van der Waals surface area contributed by atoms with Crippen LogP contribution < -0.4 is 5.32 Å². The third kappa shape index (κ3) is 3.51. The van der Waals surface area contributed by atoms with E-state index in [1.807, 2.05) is 25.1 Å². The van der Waals surface area contributed by atoms with Gasteiger partial charge in [0.25, 0.3) is 5.91 Å². The van der Waals surface area contributed by atoms with Crippen LogP contribution in [0.4, 0.5) is 0 Å². The summed E-state index contributed by atoms with van der Waals surface area (Å²) in [4.78, 5) is 27.5. The van der Waals surface area contributed by atoms with E-state index in [9.17, 15) is 9.59 Å². The van der Waals surface area contributed by atoms with Crippen molar-refractivity contribution < 1.29 is 14.3 Å². The van der Waals surface area contributed by atoms with Crippen LogP contribution in [0.1, 0.15) is 44.8 Å². The Kier molecular flexibility index (Phi) is 4.57. The molecular weight excluding hydrogens is 292 g/mol. The fourth-order valence-corrected chi connectivity index (χ4v) is 2.75. The molecule has 1 aromatic heterocycles. The van der Waals surface area contributed by atoms with Gasteiger partial charge in [0, 0.05) is 30.5 Å².